The fourth-order valence-corrected chi connectivity index (χ4v) is 7.64. The number of hydrogen-bond donors (Lipinski definition) is 0. The third kappa shape index (κ3) is 52.3. The molecule has 0 rings (SSSR count). The van der Waals surface area contributed by atoms with Gasteiger partial charge in [-0.1, -0.05) is 201 Å². The first-order valence-electron chi connectivity index (χ1n) is 26.9. The maximum Gasteiger partial charge on any atom is 0.306 e. The molecule has 2 unspecified atom stereocenters. The maximum absolute atomic E-state index is 12.7. The number of likely N-dealkylation sites (N-methyl/N-ethyl adjacent to an activating group) is 1. The molecule has 2 atom stereocenters. The van der Waals surface area contributed by atoms with E-state index >= 15 is 0 Å². The van der Waals surface area contributed by atoms with E-state index in [4.69, 9.17) is 18.5 Å². The zero-order valence-corrected chi connectivity index (χ0v) is 44.9. The van der Waals surface area contributed by atoms with Crippen LogP contribution in [0.2, 0.25) is 0 Å². The lowest BCUT2D eigenvalue weighted by atomic mass is 10.0. The Balaban J connectivity index is 4.11. The minimum absolute atomic E-state index is 0.0366. The van der Waals surface area contributed by atoms with Crippen LogP contribution >= 0.6 is 7.82 Å². The Morgan fingerprint density at radius 3 is 1.26 bits per heavy atom. The van der Waals surface area contributed by atoms with Crippen LogP contribution in [0, 0.1) is 0 Å². The SMILES string of the molecule is CC/C=C\C/C=C\C/C=C\C/C=C\C/C=C\C/C=C\C/C=C\CCCCCCCCCCCCCC(=O)OC(COC(=O)CCCCCCC/C=C\CCCC)COP(=O)([O-])OCC[N+](C)(C)C. The second-order valence-electron chi connectivity index (χ2n) is 18.9. The van der Waals surface area contributed by atoms with Gasteiger partial charge in [0.05, 0.1) is 27.7 Å². The molecule has 0 amide bonds. The molecule has 0 aromatic carbocycles. The van der Waals surface area contributed by atoms with Gasteiger partial charge in [0.25, 0.3) is 7.82 Å². The number of unbranched alkanes of at least 4 members (excludes halogenated alkanes) is 18. The highest BCUT2D eigenvalue weighted by atomic mass is 31.2. The van der Waals surface area contributed by atoms with E-state index in [9.17, 15) is 19.0 Å². The summed E-state index contributed by atoms with van der Waals surface area (Å²) in [5.74, 6) is -0.854. The van der Waals surface area contributed by atoms with Gasteiger partial charge in [-0.25, -0.2) is 0 Å². The first kappa shape index (κ1) is 64.9. The second kappa shape index (κ2) is 48.9. The molecule has 390 valence electrons. The fraction of sp³-hybridized carbons (Fsp3) is 0.690. The number of nitrogens with zero attached hydrogens (tertiary/aromatic N) is 1. The van der Waals surface area contributed by atoms with Gasteiger partial charge in [-0.05, 0) is 89.9 Å². The molecule has 0 spiro atoms. The molecule has 0 aromatic heterocycles. The zero-order valence-electron chi connectivity index (χ0n) is 44.0. The number of esters is 2. The van der Waals surface area contributed by atoms with E-state index in [1.165, 1.54) is 57.8 Å². The lowest BCUT2D eigenvalue weighted by Crippen LogP contribution is -2.37. The van der Waals surface area contributed by atoms with Gasteiger partial charge in [0.15, 0.2) is 6.10 Å². The number of carbonyl (C=O) groups is 2. The van der Waals surface area contributed by atoms with Crippen molar-refractivity contribution in [2.45, 2.75) is 213 Å². The van der Waals surface area contributed by atoms with Crippen molar-refractivity contribution in [3.63, 3.8) is 0 Å². The summed E-state index contributed by atoms with van der Waals surface area (Å²) in [5, 5.41) is 0. The third-order valence-corrected chi connectivity index (χ3v) is 12.1. The van der Waals surface area contributed by atoms with Crippen molar-refractivity contribution in [1.82, 2.24) is 0 Å². The van der Waals surface area contributed by atoms with Gasteiger partial charge in [-0.15, -0.1) is 0 Å². The van der Waals surface area contributed by atoms with Crippen molar-refractivity contribution in [1.29, 1.82) is 0 Å². The van der Waals surface area contributed by atoms with Gasteiger partial charge in [0.1, 0.15) is 19.8 Å². The molecule has 0 aliphatic rings. The molecule has 10 heteroatoms. The van der Waals surface area contributed by atoms with Crippen molar-refractivity contribution in [2.75, 3.05) is 47.5 Å². The molecule has 0 radical (unpaired) electrons. The zero-order chi connectivity index (χ0) is 49.9. The van der Waals surface area contributed by atoms with Crippen molar-refractivity contribution in [2.24, 2.45) is 0 Å². The molecule has 0 bridgehead atoms. The van der Waals surface area contributed by atoms with Gasteiger partial charge in [-0.2, -0.15) is 0 Å². The third-order valence-electron chi connectivity index (χ3n) is 11.1. The summed E-state index contributed by atoms with van der Waals surface area (Å²) in [7, 11) is 1.15. The van der Waals surface area contributed by atoms with Crippen molar-refractivity contribution >= 4 is 19.8 Å². The normalized spacial score (nSPS) is 14.1. The molecule has 9 nitrogen and oxygen atoms in total. The smallest absolute Gasteiger partial charge is 0.306 e. The summed E-state index contributed by atoms with van der Waals surface area (Å²) >= 11 is 0. The number of phosphoric ester groups is 1. The first-order chi connectivity index (χ1) is 33.0. The van der Waals surface area contributed by atoms with Gasteiger partial charge >= 0.3 is 11.9 Å². The summed E-state index contributed by atoms with van der Waals surface area (Å²) in [5.41, 5.74) is 0. The predicted molar refractivity (Wildman–Crippen MR) is 286 cm³/mol. The van der Waals surface area contributed by atoms with E-state index in [0.717, 1.165) is 109 Å². The van der Waals surface area contributed by atoms with E-state index in [0.29, 0.717) is 23.9 Å². The van der Waals surface area contributed by atoms with Gasteiger partial charge < -0.3 is 27.9 Å². The molecule has 68 heavy (non-hydrogen) atoms. The Kier molecular flexibility index (Phi) is 46.7. The molecule has 0 saturated carbocycles. The second-order valence-corrected chi connectivity index (χ2v) is 20.3. The monoisotopic (exact) mass is 970 g/mol. The summed E-state index contributed by atoms with van der Waals surface area (Å²) in [6.45, 7) is 4.05. The van der Waals surface area contributed by atoms with Crippen LogP contribution in [0.4, 0.5) is 0 Å². The Labute approximate surface area is 417 Å². The molecule has 0 aliphatic heterocycles. The summed E-state index contributed by atoms with van der Waals surface area (Å²) in [6, 6.07) is 0. The number of ether oxygens (including phenoxy) is 2. The van der Waals surface area contributed by atoms with E-state index < -0.39 is 32.5 Å². The highest BCUT2D eigenvalue weighted by molar-refractivity contribution is 7.45. The van der Waals surface area contributed by atoms with Gasteiger partial charge in [0, 0.05) is 12.8 Å². The maximum atomic E-state index is 12.7. The number of allylic oxidation sites excluding steroid dienone is 16. The standard InChI is InChI=1S/C58H100NO8P/c1-6-8-10-12-14-16-18-19-20-21-22-23-24-25-26-27-28-29-30-31-32-33-34-35-36-37-38-39-41-43-45-47-49-51-58(61)67-56(55-66-68(62,63)65-53-52-59(3,4)5)54-64-57(60)50-48-46-44-42-40-17-15-13-11-9-7-2/h8,10,13-16,19-20,22-23,25-26,28-29,31-32,56H,6-7,9,11-12,17-18,21,24,27,30,33-55H2,1-5H3/b10-8-,15-13-,16-14-,20-19-,23-22-,26-25-,29-28-,32-31-. The van der Waals surface area contributed by atoms with E-state index in [2.05, 4.69) is 111 Å². The summed E-state index contributed by atoms with van der Waals surface area (Å²) in [4.78, 5) is 37.6. The van der Waals surface area contributed by atoms with Crippen molar-refractivity contribution < 1.29 is 42.1 Å². The van der Waals surface area contributed by atoms with Crippen LogP contribution in [0.15, 0.2) is 97.2 Å². The van der Waals surface area contributed by atoms with Gasteiger partial charge in [0.2, 0.25) is 0 Å². The molecule has 0 saturated heterocycles. The quantitative estimate of drug-likeness (QED) is 0.0195. The van der Waals surface area contributed by atoms with Crippen molar-refractivity contribution in [3.8, 4) is 0 Å². The average molecular weight is 970 g/mol. The minimum atomic E-state index is -4.64. The van der Waals surface area contributed by atoms with Crippen molar-refractivity contribution in [3.05, 3.63) is 97.2 Å². The Morgan fingerprint density at radius 1 is 0.471 bits per heavy atom. The van der Waals surface area contributed by atoms with Crippen LogP contribution < -0.4 is 4.89 Å². The van der Waals surface area contributed by atoms with Crippen LogP contribution in [-0.2, 0) is 32.7 Å². The number of quaternary nitrogens is 1. The van der Waals surface area contributed by atoms with Crippen LogP contribution in [0.5, 0.6) is 0 Å². The summed E-state index contributed by atoms with van der Waals surface area (Å²) < 4.78 is 34.0. The molecular weight excluding hydrogens is 870 g/mol. The molecular formula is C58H100NO8P. The lowest BCUT2D eigenvalue weighted by molar-refractivity contribution is -0.870. The molecule has 0 fully saturated rings. The first-order valence-corrected chi connectivity index (χ1v) is 28.4. The minimum Gasteiger partial charge on any atom is -0.756 e. The highest BCUT2D eigenvalue weighted by Crippen LogP contribution is 2.38. The highest BCUT2D eigenvalue weighted by Gasteiger charge is 2.21. The van der Waals surface area contributed by atoms with Gasteiger partial charge in [-0.3, -0.25) is 14.2 Å². The Hall–Kier alpha value is -3.07. The molecule has 0 heterocycles. The summed E-state index contributed by atoms with van der Waals surface area (Å²) in [6.07, 6.45) is 66.0. The van der Waals surface area contributed by atoms with Crippen LogP contribution in [0.3, 0.4) is 0 Å². The number of carbonyl (C=O) groups excluding carboxylic acids is 2. The lowest BCUT2D eigenvalue weighted by Gasteiger charge is -2.28. The van der Waals surface area contributed by atoms with E-state index in [1.807, 2.05) is 21.1 Å². The van der Waals surface area contributed by atoms with E-state index in [-0.39, 0.29) is 26.1 Å². The Morgan fingerprint density at radius 2 is 0.838 bits per heavy atom. The van der Waals surface area contributed by atoms with E-state index in [1.54, 1.807) is 0 Å². The number of hydrogen-bond acceptors (Lipinski definition) is 8. The molecule has 0 N–H and O–H groups in total. The number of rotatable bonds is 48. The van der Waals surface area contributed by atoms with Crippen LogP contribution in [0.25, 0.3) is 0 Å². The molecule has 0 aliphatic carbocycles. The number of phosphoric acid groups is 1. The molecule has 0 aromatic rings. The Bertz CT molecular complexity index is 1470. The van der Waals surface area contributed by atoms with Crippen LogP contribution in [0.1, 0.15) is 206 Å². The fourth-order valence-electron chi connectivity index (χ4n) is 6.91. The average Bonchev–Trinajstić information content (AvgIpc) is 3.30. The van der Waals surface area contributed by atoms with Crippen LogP contribution in [-0.4, -0.2) is 70.0 Å². The topological polar surface area (TPSA) is 111 Å². The largest absolute Gasteiger partial charge is 0.756 e. The predicted octanol–water partition coefficient (Wildman–Crippen LogP) is 15.8.